The maximum Gasteiger partial charge on any atom is 0.291 e. The van der Waals surface area contributed by atoms with Crippen molar-refractivity contribution < 1.29 is 9.59 Å². The van der Waals surface area contributed by atoms with Crippen LogP contribution in [0.15, 0.2) is 65.5 Å². The van der Waals surface area contributed by atoms with E-state index in [2.05, 4.69) is 15.7 Å². The summed E-state index contributed by atoms with van der Waals surface area (Å²) in [5.41, 5.74) is 1.29. The summed E-state index contributed by atoms with van der Waals surface area (Å²) in [6.07, 6.45) is 0.222. The molecule has 0 atom stereocenters. The van der Waals surface area contributed by atoms with Crippen molar-refractivity contribution in [1.82, 2.24) is 9.78 Å². The maximum atomic E-state index is 12.7. The Kier molecular flexibility index (Phi) is 6.41. The molecule has 0 aliphatic carbocycles. The van der Waals surface area contributed by atoms with Gasteiger partial charge in [-0.05, 0) is 30.3 Å². The first kappa shape index (κ1) is 20.3. The van der Waals surface area contributed by atoms with Crippen LogP contribution in [0, 0.1) is 0 Å². The summed E-state index contributed by atoms with van der Waals surface area (Å²) in [7, 11) is 0. The van der Waals surface area contributed by atoms with Gasteiger partial charge in [0.1, 0.15) is 12.2 Å². The molecule has 2 amide bonds. The lowest BCUT2D eigenvalue weighted by molar-refractivity contribution is -0.117. The zero-order valence-corrected chi connectivity index (χ0v) is 16.4. The summed E-state index contributed by atoms with van der Waals surface area (Å²) in [6, 6.07) is 17.3. The molecule has 3 rings (SSSR count). The fourth-order valence-corrected chi connectivity index (χ4v) is 2.72. The van der Waals surface area contributed by atoms with Gasteiger partial charge in [0.15, 0.2) is 0 Å². The quantitative estimate of drug-likeness (QED) is 0.649. The Morgan fingerprint density at radius 2 is 1.69 bits per heavy atom. The summed E-state index contributed by atoms with van der Waals surface area (Å²) in [5.74, 6) is -0.732. The highest BCUT2D eigenvalue weighted by molar-refractivity contribution is 6.30. The lowest BCUT2D eigenvalue weighted by Crippen LogP contribution is -2.32. The summed E-state index contributed by atoms with van der Waals surface area (Å²) < 4.78 is 1.04. The maximum absolute atomic E-state index is 12.7. The van der Waals surface area contributed by atoms with Crippen LogP contribution in [-0.2, 0) is 16.1 Å². The van der Waals surface area contributed by atoms with Crippen molar-refractivity contribution in [1.29, 1.82) is 0 Å². The van der Waals surface area contributed by atoms with Crippen LogP contribution in [0.1, 0.15) is 13.3 Å². The van der Waals surface area contributed by atoms with E-state index in [-0.39, 0.29) is 24.6 Å². The Balaban J connectivity index is 1.92. The molecule has 0 aliphatic heterocycles. The molecule has 148 valence electrons. The minimum absolute atomic E-state index is 0.0741. The number of nitrogens with zero attached hydrogens (tertiary/aromatic N) is 2. The smallest absolute Gasteiger partial charge is 0.291 e. The van der Waals surface area contributed by atoms with E-state index in [0.717, 1.165) is 10.2 Å². The minimum Gasteiger partial charge on any atom is -0.324 e. The topological polar surface area (TPSA) is 93.1 Å². The molecule has 1 aromatic heterocycles. The molecule has 0 saturated heterocycles. The fourth-order valence-electron chi connectivity index (χ4n) is 2.60. The number of nitrogens with one attached hydrogen (secondary N) is 2. The lowest BCUT2D eigenvalue weighted by Gasteiger charge is -2.12. The van der Waals surface area contributed by atoms with Gasteiger partial charge in [-0.15, -0.1) is 0 Å². The number of anilines is 2. The van der Waals surface area contributed by atoms with E-state index in [1.165, 1.54) is 6.07 Å². The van der Waals surface area contributed by atoms with Crippen LogP contribution in [0.3, 0.4) is 0 Å². The van der Waals surface area contributed by atoms with Crippen molar-refractivity contribution in [3.8, 4) is 11.3 Å². The van der Waals surface area contributed by atoms with Gasteiger partial charge >= 0.3 is 0 Å². The third-order valence-electron chi connectivity index (χ3n) is 4.06. The molecule has 0 aliphatic rings. The highest BCUT2D eigenvalue weighted by atomic mass is 35.5. The van der Waals surface area contributed by atoms with E-state index in [4.69, 9.17) is 11.6 Å². The number of benzene rings is 2. The van der Waals surface area contributed by atoms with Crippen molar-refractivity contribution in [3.63, 3.8) is 0 Å². The number of hydrogen-bond donors (Lipinski definition) is 2. The molecule has 0 unspecified atom stereocenters. The van der Waals surface area contributed by atoms with Crippen molar-refractivity contribution in [2.45, 2.75) is 19.9 Å². The molecule has 2 N–H and O–H groups in total. The Morgan fingerprint density at radius 1 is 1.00 bits per heavy atom. The first-order valence-electron chi connectivity index (χ1n) is 8.99. The predicted molar refractivity (Wildman–Crippen MR) is 113 cm³/mol. The molecular weight excluding hydrogens is 392 g/mol. The van der Waals surface area contributed by atoms with Gasteiger partial charge in [-0.2, -0.15) is 5.10 Å². The van der Waals surface area contributed by atoms with Gasteiger partial charge in [0.2, 0.25) is 11.8 Å². The molecule has 0 radical (unpaired) electrons. The average molecular weight is 411 g/mol. The second-order valence-electron chi connectivity index (χ2n) is 6.23. The van der Waals surface area contributed by atoms with E-state index in [0.29, 0.717) is 16.4 Å². The van der Waals surface area contributed by atoms with Gasteiger partial charge < -0.3 is 10.6 Å². The molecule has 7 nitrogen and oxygen atoms in total. The van der Waals surface area contributed by atoms with E-state index < -0.39 is 11.5 Å². The zero-order chi connectivity index (χ0) is 20.8. The first-order valence-corrected chi connectivity index (χ1v) is 9.37. The number of amides is 2. The monoisotopic (exact) mass is 410 g/mol. The highest BCUT2D eigenvalue weighted by Gasteiger charge is 2.14. The van der Waals surface area contributed by atoms with E-state index in [9.17, 15) is 14.4 Å². The Bertz CT molecular complexity index is 1080. The number of hydrogen-bond acceptors (Lipinski definition) is 4. The van der Waals surface area contributed by atoms with Crippen LogP contribution in [0.25, 0.3) is 11.3 Å². The molecule has 0 saturated carbocycles. The van der Waals surface area contributed by atoms with Gasteiger partial charge in [-0.3, -0.25) is 14.4 Å². The summed E-state index contributed by atoms with van der Waals surface area (Å²) in [5, 5.41) is 10.1. The predicted octanol–water partition coefficient (Wildman–Crippen LogP) is 3.55. The summed E-state index contributed by atoms with van der Waals surface area (Å²) in [4.78, 5) is 37.0. The third kappa shape index (κ3) is 5.30. The summed E-state index contributed by atoms with van der Waals surface area (Å²) in [6.45, 7) is 1.38. The van der Waals surface area contributed by atoms with Crippen molar-refractivity contribution in [2.75, 3.05) is 10.6 Å². The highest BCUT2D eigenvalue weighted by Crippen LogP contribution is 2.18. The first-order chi connectivity index (χ1) is 14.0. The number of carbonyl (C=O) groups excluding carboxylic acids is 2. The van der Waals surface area contributed by atoms with Crippen LogP contribution < -0.4 is 16.2 Å². The fraction of sp³-hybridized carbons (Fsp3) is 0.143. The minimum atomic E-state index is -0.558. The number of halogens is 1. The zero-order valence-electron chi connectivity index (χ0n) is 15.7. The van der Waals surface area contributed by atoms with Crippen LogP contribution in [0.5, 0.6) is 0 Å². The van der Waals surface area contributed by atoms with Crippen molar-refractivity contribution in [3.05, 3.63) is 76.0 Å². The molecule has 0 spiro atoms. The molecule has 0 bridgehead atoms. The van der Waals surface area contributed by atoms with Gasteiger partial charge in [0.05, 0.1) is 5.69 Å². The van der Waals surface area contributed by atoms with Crippen LogP contribution >= 0.6 is 11.6 Å². The van der Waals surface area contributed by atoms with Gasteiger partial charge in [0, 0.05) is 22.7 Å². The standard InChI is InChI=1S/C21H19ClN4O3/c1-2-19(27)24-18-12-17(14-6-4-3-5-7-14)25-26(21(18)29)13-20(28)23-16-10-8-15(22)9-11-16/h3-12H,2,13H2,1H3,(H,23,28)(H,24,27). The number of carbonyl (C=O) groups is 2. The Morgan fingerprint density at radius 3 is 2.34 bits per heavy atom. The van der Waals surface area contributed by atoms with Gasteiger partial charge in [0.25, 0.3) is 5.56 Å². The largest absolute Gasteiger partial charge is 0.324 e. The average Bonchev–Trinajstić information content (AvgIpc) is 2.73. The normalized spacial score (nSPS) is 10.4. The van der Waals surface area contributed by atoms with Crippen LogP contribution in [-0.4, -0.2) is 21.6 Å². The molecule has 3 aromatic rings. The Labute approximate surface area is 172 Å². The molecule has 1 heterocycles. The van der Waals surface area contributed by atoms with E-state index in [1.807, 2.05) is 30.3 Å². The molecule has 2 aromatic carbocycles. The SMILES string of the molecule is CCC(=O)Nc1cc(-c2ccccc2)nn(CC(=O)Nc2ccc(Cl)cc2)c1=O. The molecular formula is C21H19ClN4O3. The van der Waals surface area contributed by atoms with Gasteiger partial charge in [-0.1, -0.05) is 48.9 Å². The molecule has 8 heteroatoms. The second-order valence-corrected chi connectivity index (χ2v) is 6.67. The van der Waals surface area contributed by atoms with Crippen molar-refractivity contribution in [2.24, 2.45) is 0 Å². The van der Waals surface area contributed by atoms with E-state index >= 15 is 0 Å². The Hall–Kier alpha value is -3.45. The lowest BCUT2D eigenvalue weighted by atomic mass is 10.1. The molecule has 0 fully saturated rings. The third-order valence-corrected chi connectivity index (χ3v) is 4.31. The molecule has 29 heavy (non-hydrogen) atoms. The number of aromatic nitrogens is 2. The second kappa shape index (κ2) is 9.16. The number of rotatable bonds is 6. The van der Waals surface area contributed by atoms with Crippen LogP contribution in [0.2, 0.25) is 5.02 Å². The van der Waals surface area contributed by atoms with E-state index in [1.54, 1.807) is 31.2 Å². The van der Waals surface area contributed by atoms with Crippen molar-refractivity contribution >= 4 is 34.8 Å². The van der Waals surface area contributed by atoms with Crippen LogP contribution in [0.4, 0.5) is 11.4 Å². The van der Waals surface area contributed by atoms with Gasteiger partial charge in [-0.25, -0.2) is 4.68 Å². The summed E-state index contributed by atoms with van der Waals surface area (Å²) >= 11 is 5.84.